The fraction of sp³-hybridized carbons (Fsp3) is 0.308. The van der Waals surface area contributed by atoms with Crippen LogP contribution in [0.5, 0.6) is 0 Å². The van der Waals surface area contributed by atoms with Gasteiger partial charge in [0.2, 0.25) is 0 Å². The monoisotopic (exact) mass is 256 g/mol. The Morgan fingerprint density at radius 2 is 2.26 bits per heavy atom. The Morgan fingerprint density at radius 1 is 1.37 bits per heavy atom. The minimum Gasteiger partial charge on any atom is -0.313 e. The molecule has 0 spiro atoms. The maximum atomic E-state index is 4.37. The van der Waals surface area contributed by atoms with Crippen LogP contribution in [-0.2, 0) is 13.5 Å². The van der Waals surface area contributed by atoms with Gasteiger partial charge in [-0.05, 0) is 19.2 Å². The second kappa shape index (κ2) is 4.81. The summed E-state index contributed by atoms with van der Waals surface area (Å²) in [6.45, 7) is 0. The molecule has 3 rings (SSSR count). The largest absolute Gasteiger partial charge is 0.313 e. The summed E-state index contributed by atoms with van der Waals surface area (Å²) in [5.41, 5.74) is 3.26. The molecular weight excluding hydrogens is 240 g/mol. The third kappa shape index (κ3) is 2.22. The van der Waals surface area contributed by atoms with Gasteiger partial charge in [0.25, 0.3) is 0 Å². The summed E-state index contributed by atoms with van der Waals surface area (Å²) in [5, 5.41) is 15.8. The van der Waals surface area contributed by atoms with Crippen molar-refractivity contribution in [2.24, 2.45) is 7.05 Å². The molecule has 0 aliphatic rings. The first-order valence-electron chi connectivity index (χ1n) is 6.22. The van der Waals surface area contributed by atoms with Crippen molar-refractivity contribution in [2.45, 2.75) is 12.5 Å². The number of aryl methyl sites for hydroxylation is 1. The number of nitrogens with one attached hydrogen (secondary N) is 1. The van der Waals surface area contributed by atoms with Gasteiger partial charge in [-0.2, -0.15) is 5.10 Å². The Morgan fingerprint density at radius 3 is 3.00 bits per heavy atom. The maximum absolute atomic E-state index is 4.37. The van der Waals surface area contributed by atoms with E-state index in [1.165, 1.54) is 5.56 Å². The van der Waals surface area contributed by atoms with Crippen LogP contribution >= 0.6 is 0 Å². The van der Waals surface area contributed by atoms with Crippen molar-refractivity contribution in [3.63, 3.8) is 0 Å². The van der Waals surface area contributed by atoms with Crippen molar-refractivity contribution in [1.29, 1.82) is 0 Å². The van der Waals surface area contributed by atoms with Crippen LogP contribution in [-0.4, -0.2) is 31.7 Å². The van der Waals surface area contributed by atoms with Crippen LogP contribution in [0.25, 0.3) is 5.52 Å². The summed E-state index contributed by atoms with van der Waals surface area (Å²) in [7, 11) is 3.83. The van der Waals surface area contributed by atoms with E-state index in [-0.39, 0.29) is 6.04 Å². The van der Waals surface area contributed by atoms with Crippen LogP contribution in [0.15, 0.2) is 36.8 Å². The summed E-state index contributed by atoms with van der Waals surface area (Å²) in [6, 6.07) is 6.25. The zero-order chi connectivity index (χ0) is 13.2. The van der Waals surface area contributed by atoms with Crippen molar-refractivity contribution in [3.05, 3.63) is 48.0 Å². The Labute approximate surface area is 111 Å². The van der Waals surface area contributed by atoms with Gasteiger partial charge in [-0.25, -0.2) is 4.52 Å². The number of fused-ring (bicyclic) bond motifs is 1. The summed E-state index contributed by atoms with van der Waals surface area (Å²) >= 11 is 0. The van der Waals surface area contributed by atoms with Gasteiger partial charge in [-0.3, -0.25) is 4.68 Å². The topological polar surface area (TPSA) is 60.0 Å². The van der Waals surface area contributed by atoms with E-state index in [4.69, 9.17) is 0 Å². The van der Waals surface area contributed by atoms with Crippen LogP contribution in [0.4, 0.5) is 0 Å². The zero-order valence-corrected chi connectivity index (χ0v) is 11.0. The molecule has 0 aromatic carbocycles. The number of likely N-dealkylation sites (N-methyl/N-ethyl adjacent to an activating group) is 1. The van der Waals surface area contributed by atoms with Crippen LogP contribution < -0.4 is 5.32 Å². The highest BCUT2D eigenvalue weighted by Crippen LogP contribution is 2.21. The van der Waals surface area contributed by atoms with Crippen molar-refractivity contribution in [2.75, 3.05) is 7.05 Å². The van der Waals surface area contributed by atoms with Crippen molar-refractivity contribution in [1.82, 2.24) is 29.9 Å². The number of hydrogen-bond donors (Lipinski definition) is 1. The quantitative estimate of drug-likeness (QED) is 0.755. The Balaban J connectivity index is 1.93. The molecule has 1 N–H and O–H groups in total. The highest BCUT2D eigenvalue weighted by Gasteiger charge is 2.16. The van der Waals surface area contributed by atoms with E-state index >= 15 is 0 Å². The predicted octanol–water partition coefficient (Wildman–Crippen LogP) is 0.966. The maximum Gasteiger partial charge on any atom is 0.0845 e. The molecule has 3 aromatic rings. The molecule has 0 saturated carbocycles. The van der Waals surface area contributed by atoms with Crippen LogP contribution in [0.3, 0.4) is 0 Å². The van der Waals surface area contributed by atoms with E-state index < -0.39 is 0 Å². The molecule has 1 atom stereocenters. The van der Waals surface area contributed by atoms with Gasteiger partial charge in [-0.1, -0.05) is 11.3 Å². The molecule has 98 valence electrons. The first-order valence-corrected chi connectivity index (χ1v) is 6.22. The van der Waals surface area contributed by atoms with Crippen molar-refractivity contribution < 1.29 is 0 Å². The van der Waals surface area contributed by atoms with E-state index in [2.05, 4.69) is 26.8 Å². The summed E-state index contributed by atoms with van der Waals surface area (Å²) < 4.78 is 3.61. The summed E-state index contributed by atoms with van der Waals surface area (Å²) in [5.74, 6) is 0. The molecule has 0 aliphatic carbocycles. The molecule has 0 saturated heterocycles. The normalized spacial score (nSPS) is 12.9. The smallest absolute Gasteiger partial charge is 0.0845 e. The van der Waals surface area contributed by atoms with Crippen LogP contribution in [0, 0.1) is 0 Å². The number of aromatic nitrogens is 5. The summed E-state index contributed by atoms with van der Waals surface area (Å²) in [6.07, 6.45) is 6.59. The fourth-order valence-corrected chi connectivity index (χ4v) is 2.29. The minimum atomic E-state index is 0.177. The number of hydrogen-bond acceptors (Lipinski definition) is 4. The second-order valence-electron chi connectivity index (χ2n) is 4.56. The summed E-state index contributed by atoms with van der Waals surface area (Å²) in [4.78, 5) is 0. The Kier molecular flexibility index (Phi) is 3.00. The average Bonchev–Trinajstić information content (AvgIpc) is 3.02. The molecule has 0 bridgehead atoms. The number of rotatable bonds is 4. The van der Waals surface area contributed by atoms with Gasteiger partial charge in [-0.15, -0.1) is 5.10 Å². The Bertz CT molecular complexity index is 683. The SMILES string of the molecule is CNC(Cc1cn(C)nn1)c1cnn2ccccc12. The molecule has 6 heteroatoms. The van der Waals surface area contributed by atoms with Gasteiger partial charge >= 0.3 is 0 Å². The van der Waals surface area contributed by atoms with E-state index in [0.29, 0.717) is 0 Å². The third-order valence-electron chi connectivity index (χ3n) is 3.24. The molecule has 6 nitrogen and oxygen atoms in total. The lowest BCUT2D eigenvalue weighted by Crippen LogP contribution is -2.18. The van der Waals surface area contributed by atoms with Gasteiger partial charge in [0, 0.05) is 37.5 Å². The fourth-order valence-electron chi connectivity index (χ4n) is 2.29. The molecule has 0 radical (unpaired) electrons. The lowest BCUT2D eigenvalue weighted by atomic mass is 10.0. The molecule has 3 heterocycles. The molecule has 1 unspecified atom stereocenters. The van der Waals surface area contributed by atoms with Crippen molar-refractivity contribution >= 4 is 5.52 Å². The highest BCUT2D eigenvalue weighted by atomic mass is 15.4. The lowest BCUT2D eigenvalue weighted by Gasteiger charge is -2.13. The zero-order valence-electron chi connectivity index (χ0n) is 11.0. The molecule has 0 aliphatic heterocycles. The van der Waals surface area contributed by atoms with Crippen LogP contribution in [0.2, 0.25) is 0 Å². The molecular formula is C13H16N6. The Hall–Kier alpha value is -2.21. The molecule has 19 heavy (non-hydrogen) atoms. The minimum absolute atomic E-state index is 0.177. The van der Waals surface area contributed by atoms with Crippen molar-refractivity contribution in [3.8, 4) is 0 Å². The lowest BCUT2D eigenvalue weighted by molar-refractivity contribution is 0.587. The average molecular weight is 256 g/mol. The van der Waals surface area contributed by atoms with E-state index in [0.717, 1.165) is 17.6 Å². The molecule has 0 amide bonds. The number of nitrogens with zero attached hydrogens (tertiary/aromatic N) is 5. The first-order chi connectivity index (χ1) is 9.28. The van der Waals surface area contributed by atoms with E-state index in [9.17, 15) is 0 Å². The molecule has 0 fully saturated rings. The first kappa shape index (κ1) is 11.9. The van der Waals surface area contributed by atoms with Gasteiger partial charge in [0.05, 0.1) is 17.4 Å². The highest BCUT2D eigenvalue weighted by molar-refractivity contribution is 5.55. The predicted molar refractivity (Wildman–Crippen MR) is 71.7 cm³/mol. The van der Waals surface area contributed by atoms with Gasteiger partial charge in [0.15, 0.2) is 0 Å². The molecule has 3 aromatic heterocycles. The van der Waals surface area contributed by atoms with E-state index in [1.807, 2.05) is 49.3 Å². The van der Waals surface area contributed by atoms with Crippen LogP contribution in [0.1, 0.15) is 17.3 Å². The standard InChI is InChI=1S/C13H16N6/c1-14-12(7-10-9-18(2)17-16-10)11-8-15-19-6-4-3-5-13(11)19/h3-6,8-9,12,14H,7H2,1-2H3. The van der Waals surface area contributed by atoms with Gasteiger partial charge in [0.1, 0.15) is 0 Å². The van der Waals surface area contributed by atoms with E-state index in [1.54, 1.807) is 4.68 Å². The third-order valence-corrected chi connectivity index (χ3v) is 3.24. The second-order valence-corrected chi connectivity index (χ2v) is 4.56. The number of pyridine rings is 1. The van der Waals surface area contributed by atoms with Gasteiger partial charge < -0.3 is 5.32 Å².